The predicted octanol–water partition coefficient (Wildman–Crippen LogP) is 10.9. The third-order valence-electron chi connectivity index (χ3n) is 15.1. The van der Waals surface area contributed by atoms with Crippen LogP contribution in [-0.4, -0.2) is 107 Å². The lowest BCUT2D eigenvalue weighted by molar-refractivity contribution is -0.299. The first-order valence-corrected chi connectivity index (χ1v) is 30.1. The summed E-state index contributed by atoms with van der Waals surface area (Å²) in [5.41, 5.74) is 4.98. The largest absolute Gasteiger partial charge is 0.390 e. The van der Waals surface area contributed by atoms with E-state index in [1.165, 1.54) is 6.92 Å². The van der Waals surface area contributed by atoms with E-state index in [-0.39, 0.29) is 56.5 Å². The predicted molar refractivity (Wildman–Crippen MR) is 300 cm³/mol. The molecule has 5 aromatic rings. The molecule has 14 heteroatoms. The maximum atomic E-state index is 13.0. The van der Waals surface area contributed by atoms with E-state index in [4.69, 9.17) is 47.1 Å². The Balaban J connectivity index is 1.07. The molecule has 1 amide bonds. The van der Waals surface area contributed by atoms with Crippen molar-refractivity contribution in [3.63, 3.8) is 0 Å². The molecule has 2 heterocycles. The Morgan fingerprint density at radius 1 is 0.597 bits per heavy atom. The molecule has 0 aliphatic carbocycles. The third-order valence-corrected chi connectivity index (χ3v) is 19.6. The third kappa shape index (κ3) is 17.8. The second kappa shape index (κ2) is 29.9. The molecule has 7 rings (SSSR count). The molecular weight excluding hydrogens is 991 g/mol. The number of aliphatic hydroxyl groups is 1. The topological polar surface area (TPSA) is 142 Å². The normalized spacial score (nSPS) is 24.5. The number of benzene rings is 5. The minimum Gasteiger partial charge on any atom is -0.390 e. The zero-order valence-corrected chi connectivity index (χ0v) is 47.3. The molecule has 2 aliphatic rings. The molecule has 0 unspecified atom stereocenters. The van der Waals surface area contributed by atoms with Crippen LogP contribution in [0.15, 0.2) is 164 Å². The number of hydrogen-bond donors (Lipinski definition) is 2. The van der Waals surface area contributed by atoms with Gasteiger partial charge in [0, 0.05) is 6.92 Å². The summed E-state index contributed by atoms with van der Waals surface area (Å²) in [5.74, 6) is 0.0629. The second-order valence-corrected chi connectivity index (χ2v) is 26.1. The van der Waals surface area contributed by atoms with E-state index < -0.39 is 69.7 Å². The molecule has 0 bridgehead atoms. The smallest absolute Gasteiger partial charge is 0.217 e. The second-order valence-electron chi connectivity index (χ2n) is 21.5. The highest BCUT2D eigenvalue weighted by molar-refractivity contribution is 6.74. The molecule has 77 heavy (non-hydrogen) atoms. The zero-order chi connectivity index (χ0) is 54.6. The number of amides is 1. The van der Waals surface area contributed by atoms with Crippen LogP contribution in [0.1, 0.15) is 75.8 Å². The molecule has 13 nitrogen and oxygen atoms in total. The van der Waals surface area contributed by atoms with Crippen LogP contribution in [0.25, 0.3) is 0 Å². The van der Waals surface area contributed by atoms with Crippen molar-refractivity contribution in [3.8, 4) is 0 Å². The first-order chi connectivity index (χ1) is 37.2. The maximum Gasteiger partial charge on any atom is 0.217 e. The highest BCUT2D eigenvalue weighted by Crippen LogP contribution is 2.46. The molecule has 416 valence electrons. The number of carbonyl (C=O) groups excluding carboxylic acids is 1. The summed E-state index contributed by atoms with van der Waals surface area (Å²) < 4.78 is 67.2. The van der Waals surface area contributed by atoms with Gasteiger partial charge >= 0.3 is 0 Å². The number of hydrogen-bond acceptors (Lipinski definition) is 12. The molecule has 0 saturated carbocycles. The van der Waals surface area contributed by atoms with Crippen molar-refractivity contribution >= 4 is 14.2 Å². The highest BCUT2D eigenvalue weighted by Gasteiger charge is 2.53. The van der Waals surface area contributed by atoms with Crippen molar-refractivity contribution in [2.75, 3.05) is 19.8 Å². The van der Waals surface area contributed by atoms with Crippen molar-refractivity contribution in [3.05, 3.63) is 192 Å². The molecule has 5 aromatic carbocycles. The minimum absolute atomic E-state index is 0.0981. The summed E-state index contributed by atoms with van der Waals surface area (Å²) in [5, 5.41) is 14.5. The number of aliphatic hydroxyl groups excluding tert-OH is 1. The SMILES string of the molecule is CC(=O)N[C@@H]1[C@H](OC[C@@H](O)C/C=C/CO[C@H]2[C@@H](O[Si](C)(C)C(C)(C)C(C)C)O[C@@H](C)[C@H](OCc3ccccc3)[C@H]2OCc2ccccc2)O[C@H](COCc2ccccc2)[C@@H](OCc2ccccc2)[C@@H]1OCc1ccccc1. The fraction of sp³-hybridized carbons (Fsp3) is 0.476. The van der Waals surface area contributed by atoms with Crippen LogP contribution in [0, 0.1) is 5.92 Å². The summed E-state index contributed by atoms with van der Waals surface area (Å²) in [4.78, 5) is 13.0. The summed E-state index contributed by atoms with van der Waals surface area (Å²) in [6, 6.07) is 48.9. The Bertz CT molecular complexity index is 2470. The van der Waals surface area contributed by atoms with Gasteiger partial charge in [0.25, 0.3) is 0 Å². The molecule has 0 spiro atoms. The van der Waals surface area contributed by atoms with Crippen LogP contribution < -0.4 is 5.32 Å². The minimum atomic E-state index is -2.46. The van der Waals surface area contributed by atoms with E-state index >= 15 is 0 Å². The van der Waals surface area contributed by atoms with Gasteiger partial charge in [0.1, 0.15) is 42.7 Å². The fourth-order valence-corrected chi connectivity index (χ4v) is 11.9. The van der Waals surface area contributed by atoms with Gasteiger partial charge in [0.2, 0.25) is 5.91 Å². The number of ether oxygens (including phenoxy) is 9. The van der Waals surface area contributed by atoms with E-state index in [0.29, 0.717) is 25.7 Å². The van der Waals surface area contributed by atoms with Gasteiger partial charge in [0.15, 0.2) is 20.9 Å². The summed E-state index contributed by atoms with van der Waals surface area (Å²) in [6.07, 6.45) is -2.94. The van der Waals surface area contributed by atoms with Gasteiger partial charge in [0.05, 0.1) is 65.1 Å². The van der Waals surface area contributed by atoms with Crippen LogP contribution in [0.2, 0.25) is 18.1 Å². The summed E-state index contributed by atoms with van der Waals surface area (Å²) >= 11 is 0. The maximum absolute atomic E-state index is 13.0. The van der Waals surface area contributed by atoms with Crippen molar-refractivity contribution in [1.82, 2.24) is 5.32 Å². The van der Waals surface area contributed by atoms with Crippen LogP contribution >= 0.6 is 0 Å². The lowest BCUT2D eigenvalue weighted by atomic mass is 9.95. The molecule has 2 aliphatic heterocycles. The van der Waals surface area contributed by atoms with Crippen LogP contribution in [0.4, 0.5) is 0 Å². The van der Waals surface area contributed by atoms with E-state index in [0.717, 1.165) is 27.8 Å². The van der Waals surface area contributed by atoms with Crippen molar-refractivity contribution in [1.29, 1.82) is 0 Å². The monoisotopic (exact) mass is 1070 g/mol. The standard InChI is InChI=1S/C63H83NO12Si/c1-45(2)63(5,6)77(7,8)76-62-60(59(72-42-52-34-22-13-23-35-52)56(46(3)74-62)69-39-49-28-16-10-17-29-49)68-37-25-24-36-53(66)43-73-61-55(64-47(4)65)58(71-41-51-32-20-12-21-33-51)57(70-40-50-30-18-11-19-31-50)54(75-61)44-67-38-48-26-14-9-15-27-48/h9-35,45-46,53-62,66H,36-44H2,1-8H3,(H,64,65)/b25-24+/t46-,53-,54+,55-,56-,57+,58+,59+,60+,61+,62+/m0/s1. The fourth-order valence-electron chi connectivity index (χ4n) is 9.46. The van der Waals surface area contributed by atoms with Gasteiger partial charge in [-0.05, 0) is 65.2 Å². The van der Waals surface area contributed by atoms with Gasteiger partial charge < -0.3 is 57.5 Å². The number of carbonyl (C=O) groups is 1. The van der Waals surface area contributed by atoms with Crippen LogP contribution in [0.3, 0.4) is 0 Å². The van der Waals surface area contributed by atoms with Crippen molar-refractivity contribution in [2.24, 2.45) is 5.92 Å². The average molecular weight is 1070 g/mol. The van der Waals surface area contributed by atoms with Crippen molar-refractivity contribution < 1.29 is 57.0 Å². The first-order valence-electron chi connectivity index (χ1n) is 27.2. The van der Waals surface area contributed by atoms with E-state index in [1.54, 1.807) is 0 Å². The van der Waals surface area contributed by atoms with Gasteiger partial charge in [-0.3, -0.25) is 4.79 Å². The molecule has 2 N–H and O–H groups in total. The lowest BCUT2D eigenvalue weighted by Gasteiger charge is -2.50. The molecule has 0 aromatic heterocycles. The zero-order valence-electron chi connectivity index (χ0n) is 46.3. The van der Waals surface area contributed by atoms with E-state index in [9.17, 15) is 9.90 Å². The van der Waals surface area contributed by atoms with Gasteiger partial charge in [-0.15, -0.1) is 0 Å². The Labute approximate surface area is 458 Å². The average Bonchev–Trinajstić information content (AvgIpc) is 3.43. The Morgan fingerprint density at radius 3 is 1.53 bits per heavy atom. The van der Waals surface area contributed by atoms with Crippen molar-refractivity contribution in [2.45, 2.75) is 167 Å². The van der Waals surface area contributed by atoms with Crippen LogP contribution in [0.5, 0.6) is 0 Å². The highest BCUT2D eigenvalue weighted by atomic mass is 28.4. The Morgan fingerprint density at radius 2 is 1.05 bits per heavy atom. The Kier molecular flexibility index (Phi) is 23.2. The van der Waals surface area contributed by atoms with E-state index in [1.807, 2.05) is 171 Å². The number of rotatable bonds is 29. The number of nitrogens with one attached hydrogen (secondary N) is 1. The molecule has 11 atom stereocenters. The molecule has 2 fully saturated rings. The summed E-state index contributed by atoms with van der Waals surface area (Å²) in [7, 11) is -2.46. The van der Waals surface area contributed by atoms with Crippen LogP contribution in [-0.2, 0) is 84.9 Å². The van der Waals surface area contributed by atoms with Gasteiger partial charge in [-0.25, -0.2) is 0 Å². The molecule has 0 radical (unpaired) electrons. The van der Waals surface area contributed by atoms with Gasteiger partial charge in [-0.1, -0.05) is 192 Å². The summed E-state index contributed by atoms with van der Waals surface area (Å²) in [6.45, 7) is 18.7. The molecular formula is C63H83NO12Si. The van der Waals surface area contributed by atoms with Gasteiger partial charge in [-0.2, -0.15) is 0 Å². The Hall–Kier alpha value is -4.91. The quantitative estimate of drug-likeness (QED) is 0.0348. The lowest BCUT2D eigenvalue weighted by Crippen LogP contribution is -2.66. The van der Waals surface area contributed by atoms with E-state index in [2.05, 4.69) is 46.1 Å². The first kappa shape index (κ1) is 59.7. The molecule has 2 saturated heterocycles.